The van der Waals surface area contributed by atoms with E-state index in [9.17, 15) is 14.7 Å². The minimum Gasteiger partial charge on any atom is -0.481 e. The van der Waals surface area contributed by atoms with Gasteiger partial charge in [-0.25, -0.2) is 0 Å². The van der Waals surface area contributed by atoms with Gasteiger partial charge in [0.1, 0.15) is 5.76 Å². The highest BCUT2D eigenvalue weighted by molar-refractivity contribution is 5.96. The lowest BCUT2D eigenvalue weighted by atomic mass is 9.80. The van der Waals surface area contributed by atoms with E-state index in [1.54, 1.807) is 19.1 Å². The molecule has 0 bridgehead atoms. The number of aromatic nitrogens is 2. The second-order valence-electron chi connectivity index (χ2n) is 6.80. The molecular weight excluding hydrogens is 338 g/mol. The summed E-state index contributed by atoms with van der Waals surface area (Å²) in [7, 11) is 0. The molecule has 0 unspecified atom stereocenters. The summed E-state index contributed by atoms with van der Waals surface area (Å²) in [5.41, 5.74) is 1.10. The Morgan fingerprint density at radius 2 is 1.96 bits per heavy atom. The summed E-state index contributed by atoms with van der Waals surface area (Å²) in [4.78, 5) is 24.4. The third-order valence-electron chi connectivity index (χ3n) is 5.01. The summed E-state index contributed by atoms with van der Waals surface area (Å²) in [6.45, 7) is 6.37. The Morgan fingerprint density at radius 3 is 2.54 bits per heavy atom. The normalized spacial score (nSPS) is 16.4. The molecule has 1 amide bonds. The number of aryl methyl sites for hydroxylation is 2. The molecule has 0 saturated carbocycles. The zero-order chi connectivity index (χ0) is 18.9. The van der Waals surface area contributed by atoms with Crippen LogP contribution in [0.3, 0.4) is 0 Å². The van der Waals surface area contributed by atoms with Crippen molar-refractivity contribution in [2.24, 2.45) is 5.41 Å². The van der Waals surface area contributed by atoms with E-state index in [1.807, 2.05) is 18.4 Å². The Bertz CT molecular complexity index is 830. The molecule has 2 aromatic rings. The molecule has 8 heteroatoms. The molecule has 3 heterocycles. The molecule has 1 aliphatic heterocycles. The molecule has 0 atom stereocenters. The van der Waals surface area contributed by atoms with Crippen LogP contribution < -0.4 is 5.32 Å². The molecule has 1 fully saturated rings. The van der Waals surface area contributed by atoms with Crippen LogP contribution in [0, 0.1) is 26.2 Å². The Morgan fingerprint density at radius 1 is 1.27 bits per heavy atom. The number of carboxylic acid groups (broad SMARTS) is 1. The lowest BCUT2D eigenvalue weighted by Gasteiger charge is -2.33. The van der Waals surface area contributed by atoms with Gasteiger partial charge in [0.15, 0.2) is 5.82 Å². The van der Waals surface area contributed by atoms with Crippen molar-refractivity contribution in [1.29, 1.82) is 0 Å². The van der Waals surface area contributed by atoms with Crippen molar-refractivity contribution in [2.45, 2.75) is 33.6 Å². The van der Waals surface area contributed by atoms with E-state index in [-0.39, 0.29) is 12.5 Å². The van der Waals surface area contributed by atoms with Crippen molar-refractivity contribution >= 4 is 11.9 Å². The highest BCUT2D eigenvalue weighted by atomic mass is 16.5. The zero-order valence-corrected chi connectivity index (χ0v) is 15.2. The number of nitrogens with zero attached hydrogens (tertiary/aromatic N) is 2. The van der Waals surface area contributed by atoms with Gasteiger partial charge in [-0.2, -0.15) is 0 Å². The average molecular weight is 361 g/mol. The first-order chi connectivity index (χ1) is 12.3. The molecule has 26 heavy (non-hydrogen) atoms. The SMILES string of the molecule is Cc1cc(-n2c(C)cc(C(=O)NCC3(C(=O)O)CCOCC3)c2C)no1. The van der Waals surface area contributed by atoms with Crippen LogP contribution in [0.15, 0.2) is 16.7 Å². The molecule has 2 aromatic heterocycles. The number of rotatable bonds is 5. The lowest BCUT2D eigenvalue weighted by Crippen LogP contribution is -2.46. The standard InChI is InChI=1S/C18H23N3O5/c1-11-8-14(13(3)21(11)15-9-12(2)26-20-15)16(22)19-10-18(17(23)24)4-6-25-7-5-18/h8-9H,4-7,10H2,1-3H3,(H,19,22)(H,23,24). The minimum absolute atomic E-state index is 0.0806. The third-order valence-corrected chi connectivity index (χ3v) is 5.01. The van der Waals surface area contributed by atoms with Crippen LogP contribution in [0.2, 0.25) is 0 Å². The smallest absolute Gasteiger partial charge is 0.311 e. The Balaban J connectivity index is 1.79. The number of nitrogens with one attached hydrogen (secondary N) is 1. The molecule has 0 radical (unpaired) electrons. The van der Waals surface area contributed by atoms with Crippen LogP contribution in [-0.2, 0) is 9.53 Å². The van der Waals surface area contributed by atoms with Crippen molar-refractivity contribution < 1.29 is 24.0 Å². The van der Waals surface area contributed by atoms with E-state index >= 15 is 0 Å². The van der Waals surface area contributed by atoms with E-state index in [0.29, 0.717) is 43.2 Å². The van der Waals surface area contributed by atoms with E-state index in [4.69, 9.17) is 9.26 Å². The molecule has 8 nitrogen and oxygen atoms in total. The number of hydrogen-bond donors (Lipinski definition) is 2. The van der Waals surface area contributed by atoms with Crippen molar-refractivity contribution in [3.05, 3.63) is 34.8 Å². The van der Waals surface area contributed by atoms with Crippen LogP contribution in [0.4, 0.5) is 0 Å². The highest BCUT2D eigenvalue weighted by Crippen LogP contribution is 2.30. The number of hydrogen-bond acceptors (Lipinski definition) is 5. The fraction of sp³-hybridized carbons (Fsp3) is 0.500. The first kappa shape index (κ1) is 18.2. The Hall–Kier alpha value is -2.61. The Kier molecular flexibility index (Phi) is 4.86. The summed E-state index contributed by atoms with van der Waals surface area (Å²) >= 11 is 0. The van der Waals surface area contributed by atoms with Crippen LogP contribution in [0.1, 0.15) is 40.3 Å². The van der Waals surface area contributed by atoms with Crippen LogP contribution >= 0.6 is 0 Å². The van der Waals surface area contributed by atoms with Crippen molar-refractivity contribution in [1.82, 2.24) is 15.0 Å². The van der Waals surface area contributed by atoms with Crippen molar-refractivity contribution in [3.63, 3.8) is 0 Å². The summed E-state index contributed by atoms with van der Waals surface area (Å²) in [6, 6.07) is 3.56. The molecule has 1 saturated heterocycles. The maximum atomic E-state index is 12.7. The second-order valence-corrected chi connectivity index (χ2v) is 6.80. The summed E-state index contributed by atoms with van der Waals surface area (Å²) in [5, 5.41) is 16.4. The van der Waals surface area contributed by atoms with Crippen molar-refractivity contribution in [2.75, 3.05) is 19.8 Å². The highest BCUT2D eigenvalue weighted by Gasteiger charge is 2.40. The number of ether oxygens (including phenoxy) is 1. The van der Waals surface area contributed by atoms with Gasteiger partial charge in [-0.3, -0.25) is 14.2 Å². The van der Waals surface area contributed by atoms with Gasteiger partial charge in [0.2, 0.25) is 0 Å². The molecule has 1 aliphatic rings. The fourth-order valence-electron chi connectivity index (χ4n) is 3.38. The van der Waals surface area contributed by atoms with Crippen molar-refractivity contribution in [3.8, 4) is 5.82 Å². The van der Waals surface area contributed by atoms with Crippen LogP contribution in [0.25, 0.3) is 5.82 Å². The number of carboxylic acids is 1. The Labute approximate surface area is 151 Å². The van der Waals surface area contributed by atoms with E-state index in [1.165, 1.54) is 0 Å². The van der Waals surface area contributed by atoms with Gasteiger partial charge in [0, 0.05) is 37.2 Å². The lowest BCUT2D eigenvalue weighted by molar-refractivity contribution is -0.154. The summed E-state index contributed by atoms with van der Waals surface area (Å²) in [6.07, 6.45) is 0.777. The third kappa shape index (κ3) is 3.24. The van der Waals surface area contributed by atoms with Gasteiger partial charge in [-0.05, 0) is 39.7 Å². The van der Waals surface area contributed by atoms with E-state index < -0.39 is 11.4 Å². The maximum absolute atomic E-state index is 12.7. The molecule has 140 valence electrons. The van der Waals surface area contributed by atoms with Crippen LogP contribution in [0.5, 0.6) is 0 Å². The number of carbonyl (C=O) groups is 2. The summed E-state index contributed by atoms with van der Waals surface area (Å²) < 4.78 is 12.2. The van der Waals surface area contributed by atoms with Gasteiger partial charge >= 0.3 is 5.97 Å². The van der Waals surface area contributed by atoms with E-state index in [0.717, 1.165) is 11.4 Å². The predicted octanol–water partition coefficient (Wildman–Crippen LogP) is 2.00. The molecule has 3 rings (SSSR count). The largest absolute Gasteiger partial charge is 0.481 e. The van der Waals surface area contributed by atoms with Gasteiger partial charge in [0.05, 0.1) is 11.0 Å². The van der Waals surface area contributed by atoms with Gasteiger partial charge in [-0.15, -0.1) is 0 Å². The van der Waals surface area contributed by atoms with Gasteiger partial charge in [-0.1, -0.05) is 5.16 Å². The number of aliphatic carboxylic acids is 1. The quantitative estimate of drug-likeness (QED) is 0.844. The summed E-state index contributed by atoms with van der Waals surface area (Å²) in [5.74, 6) is 0.103. The second kappa shape index (κ2) is 6.95. The molecule has 0 spiro atoms. The molecule has 0 aliphatic carbocycles. The minimum atomic E-state index is -0.970. The van der Waals surface area contributed by atoms with Gasteiger partial charge in [0.25, 0.3) is 5.91 Å². The number of carbonyl (C=O) groups excluding carboxylic acids is 1. The fourth-order valence-corrected chi connectivity index (χ4v) is 3.38. The molecule has 0 aromatic carbocycles. The average Bonchev–Trinajstić information content (AvgIpc) is 3.16. The van der Waals surface area contributed by atoms with Crippen LogP contribution in [-0.4, -0.2) is 46.5 Å². The van der Waals surface area contributed by atoms with E-state index in [2.05, 4.69) is 10.5 Å². The first-order valence-electron chi connectivity index (χ1n) is 8.56. The zero-order valence-electron chi connectivity index (χ0n) is 15.2. The molecule has 2 N–H and O–H groups in total. The maximum Gasteiger partial charge on any atom is 0.311 e. The predicted molar refractivity (Wildman–Crippen MR) is 92.5 cm³/mol. The van der Waals surface area contributed by atoms with Gasteiger partial charge < -0.3 is 19.7 Å². The first-order valence-corrected chi connectivity index (χ1v) is 8.56. The number of amides is 1. The molecular formula is C18H23N3O5. The topological polar surface area (TPSA) is 107 Å². The monoisotopic (exact) mass is 361 g/mol.